The number of nitrogen functional groups attached to an aromatic ring is 1. The predicted octanol–water partition coefficient (Wildman–Crippen LogP) is 2.04. The summed E-state index contributed by atoms with van der Waals surface area (Å²) < 4.78 is 25.9. The molecule has 3 N–H and O–H groups in total. The van der Waals surface area contributed by atoms with E-state index < -0.39 is 15.9 Å². The fraction of sp³-hybridized carbons (Fsp3) is 0. The summed E-state index contributed by atoms with van der Waals surface area (Å²) in [6.07, 6.45) is 0. The van der Waals surface area contributed by atoms with Crippen LogP contribution in [0.3, 0.4) is 0 Å². The van der Waals surface area contributed by atoms with Crippen LogP contribution in [0, 0.1) is 0 Å². The van der Waals surface area contributed by atoms with Crippen LogP contribution < -0.4 is 10.5 Å². The summed E-state index contributed by atoms with van der Waals surface area (Å²) in [6, 6.07) is 11.7. The zero-order valence-electron chi connectivity index (χ0n) is 10.2. The third-order valence-electron chi connectivity index (χ3n) is 2.46. The van der Waals surface area contributed by atoms with Gasteiger partial charge in [0.25, 0.3) is 15.9 Å². The molecule has 0 spiro atoms. The first-order valence-corrected chi connectivity index (χ1v) is 7.43. The molecule has 2 aromatic rings. The number of amides is 1. The molecule has 1 amide bonds. The first-order chi connectivity index (χ1) is 9.38. The Labute approximate surface area is 121 Å². The van der Waals surface area contributed by atoms with Crippen LogP contribution in [0.1, 0.15) is 10.4 Å². The Balaban J connectivity index is 2.28. The second-order valence-electron chi connectivity index (χ2n) is 4.02. The van der Waals surface area contributed by atoms with Crippen LogP contribution in [0.15, 0.2) is 53.4 Å². The van der Waals surface area contributed by atoms with E-state index in [0.29, 0.717) is 0 Å². The highest BCUT2D eigenvalue weighted by Gasteiger charge is 2.18. The second kappa shape index (κ2) is 5.52. The molecular formula is C13H11ClN2O3S. The number of halogens is 1. The fourth-order valence-corrected chi connectivity index (χ4v) is 2.82. The molecule has 20 heavy (non-hydrogen) atoms. The summed E-state index contributed by atoms with van der Waals surface area (Å²) in [7, 11) is -3.92. The molecule has 0 unspecified atom stereocenters. The maximum Gasteiger partial charge on any atom is 0.265 e. The number of anilines is 1. The summed E-state index contributed by atoms with van der Waals surface area (Å²) in [6.45, 7) is 0. The Bertz CT molecular complexity index is 725. The normalized spacial score (nSPS) is 11.1. The van der Waals surface area contributed by atoms with Crippen molar-refractivity contribution < 1.29 is 13.2 Å². The standard InChI is InChI=1S/C13H11ClN2O3S/c14-10-6-9(7-11(15)8-10)13(17)16-20(18,19)12-4-2-1-3-5-12/h1-8H,15H2,(H,16,17). The van der Waals surface area contributed by atoms with E-state index in [-0.39, 0.29) is 21.2 Å². The molecule has 5 nitrogen and oxygen atoms in total. The third kappa shape index (κ3) is 3.28. The predicted molar refractivity (Wildman–Crippen MR) is 77.0 cm³/mol. The average molecular weight is 311 g/mol. The van der Waals surface area contributed by atoms with E-state index >= 15 is 0 Å². The number of hydrogen-bond acceptors (Lipinski definition) is 4. The molecule has 0 heterocycles. The zero-order chi connectivity index (χ0) is 14.8. The average Bonchev–Trinajstić information content (AvgIpc) is 2.38. The number of rotatable bonds is 3. The van der Waals surface area contributed by atoms with E-state index in [1.807, 2.05) is 4.72 Å². The first kappa shape index (κ1) is 14.4. The number of hydrogen-bond donors (Lipinski definition) is 2. The van der Waals surface area contributed by atoms with Gasteiger partial charge in [0, 0.05) is 16.3 Å². The van der Waals surface area contributed by atoms with E-state index in [0.717, 1.165) is 0 Å². The molecule has 0 atom stereocenters. The van der Waals surface area contributed by atoms with Crippen LogP contribution >= 0.6 is 11.6 Å². The molecule has 104 valence electrons. The Hall–Kier alpha value is -2.05. The van der Waals surface area contributed by atoms with Gasteiger partial charge < -0.3 is 5.73 Å². The van der Waals surface area contributed by atoms with Crippen LogP contribution in [-0.2, 0) is 10.0 Å². The van der Waals surface area contributed by atoms with Crippen molar-refractivity contribution in [3.05, 3.63) is 59.1 Å². The van der Waals surface area contributed by atoms with Crippen molar-refractivity contribution in [2.24, 2.45) is 0 Å². The van der Waals surface area contributed by atoms with Crippen molar-refractivity contribution in [1.82, 2.24) is 4.72 Å². The molecule has 0 aliphatic carbocycles. The molecule has 0 saturated carbocycles. The molecule has 2 aromatic carbocycles. The van der Waals surface area contributed by atoms with Gasteiger partial charge in [0.15, 0.2) is 0 Å². The molecule has 0 saturated heterocycles. The molecule has 0 radical (unpaired) electrons. The summed E-state index contributed by atoms with van der Waals surface area (Å²) in [5, 5.41) is 0.257. The lowest BCUT2D eigenvalue weighted by atomic mass is 10.2. The third-order valence-corrected chi connectivity index (χ3v) is 4.03. The second-order valence-corrected chi connectivity index (χ2v) is 6.14. The monoisotopic (exact) mass is 310 g/mol. The quantitative estimate of drug-likeness (QED) is 0.849. The highest BCUT2D eigenvalue weighted by Crippen LogP contribution is 2.17. The van der Waals surface area contributed by atoms with Crippen molar-refractivity contribution in [3.8, 4) is 0 Å². The van der Waals surface area contributed by atoms with Crippen molar-refractivity contribution in [2.45, 2.75) is 4.90 Å². The van der Waals surface area contributed by atoms with Gasteiger partial charge in [-0.2, -0.15) is 0 Å². The van der Waals surface area contributed by atoms with Gasteiger partial charge >= 0.3 is 0 Å². The number of carbonyl (C=O) groups excluding carboxylic acids is 1. The van der Waals surface area contributed by atoms with Crippen LogP contribution in [0.2, 0.25) is 5.02 Å². The minimum Gasteiger partial charge on any atom is -0.399 e. The van der Waals surface area contributed by atoms with Crippen LogP contribution in [-0.4, -0.2) is 14.3 Å². The molecule has 0 aromatic heterocycles. The Morgan fingerprint density at radius 3 is 2.35 bits per heavy atom. The topological polar surface area (TPSA) is 89.3 Å². The molecule has 0 fully saturated rings. The fourth-order valence-electron chi connectivity index (χ4n) is 1.58. The van der Waals surface area contributed by atoms with E-state index in [2.05, 4.69) is 0 Å². The number of carbonyl (C=O) groups is 1. The molecule has 0 bridgehead atoms. The summed E-state index contributed by atoms with van der Waals surface area (Å²) in [4.78, 5) is 11.9. The van der Waals surface area contributed by atoms with Gasteiger partial charge in [-0.1, -0.05) is 29.8 Å². The SMILES string of the molecule is Nc1cc(Cl)cc(C(=O)NS(=O)(=O)c2ccccc2)c1. The lowest BCUT2D eigenvalue weighted by Crippen LogP contribution is -2.30. The van der Waals surface area contributed by atoms with Crippen LogP contribution in [0.25, 0.3) is 0 Å². The number of nitrogens with one attached hydrogen (secondary N) is 1. The van der Waals surface area contributed by atoms with Gasteiger partial charge in [-0.05, 0) is 30.3 Å². The number of nitrogens with two attached hydrogens (primary N) is 1. The van der Waals surface area contributed by atoms with Gasteiger partial charge in [-0.25, -0.2) is 13.1 Å². The van der Waals surface area contributed by atoms with Crippen molar-refractivity contribution in [2.75, 3.05) is 5.73 Å². The zero-order valence-corrected chi connectivity index (χ0v) is 11.8. The van der Waals surface area contributed by atoms with Crippen molar-refractivity contribution in [1.29, 1.82) is 0 Å². The lowest BCUT2D eigenvalue weighted by molar-refractivity contribution is 0.0981. The highest BCUT2D eigenvalue weighted by molar-refractivity contribution is 7.90. The van der Waals surface area contributed by atoms with E-state index in [4.69, 9.17) is 17.3 Å². The molecular weight excluding hydrogens is 300 g/mol. The van der Waals surface area contributed by atoms with Gasteiger partial charge in [-0.15, -0.1) is 0 Å². The van der Waals surface area contributed by atoms with E-state index in [9.17, 15) is 13.2 Å². The van der Waals surface area contributed by atoms with Gasteiger partial charge in [0.05, 0.1) is 4.90 Å². The molecule has 2 rings (SSSR count). The van der Waals surface area contributed by atoms with Gasteiger partial charge in [0.2, 0.25) is 0 Å². The summed E-state index contributed by atoms with van der Waals surface area (Å²) in [5.41, 5.74) is 5.91. The van der Waals surface area contributed by atoms with Gasteiger partial charge in [0.1, 0.15) is 0 Å². The lowest BCUT2D eigenvalue weighted by Gasteiger charge is -2.07. The Morgan fingerprint density at radius 2 is 1.75 bits per heavy atom. The Kier molecular flexibility index (Phi) is 3.96. The van der Waals surface area contributed by atoms with Crippen LogP contribution in [0.4, 0.5) is 5.69 Å². The molecule has 7 heteroatoms. The molecule has 0 aliphatic rings. The number of benzene rings is 2. The first-order valence-electron chi connectivity index (χ1n) is 5.57. The summed E-state index contributed by atoms with van der Waals surface area (Å²) >= 11 is 5.77. The highest BCUT2D eigenvalue weighted by atomic mass is 35.5. The summed E-state index contributed by atoms with van der Waals surface area (Å²) in [5.74, 6) is -0.789. The van der Waals surface area contributed by atoms with Crippen molar-refractivity contribution >= 4 is 33.2 Å². The van der Waals surface area contributed by atoms with Crippen molar-refractivity contribution in [3.63, 3.8) is 0 Å². The minimum absolute atomic E-state index is 0.00310. The van der Waals surface area contributed by atoms with Crippen LogP contribution in [0.5, 0.6) is 0 Å². The number of sulfonamides is 1. The van der Waals surface area contributed by atoms with Gasteiger partial charge in [-0.3, -0.25) is 4.79 Å². The van der Waals surface area contributed by atoms with E-state index in [1.54, 1.807) is 18.2 Å². The Morgan fingerprint density at radius 1 is 1.10 bits per heavy atom. The van der Waals surface area contributed by atoms with E-state index in [1.165, 1.54) is 30.3 Å². The largest absolute Gasteiger partial charge is 0.399 e. The maximum absolute atomic E-state index is 12.0. The smallest absolute Gasteiger partial charge is 0.265 e. The minimum atomic E-state index is -3.92. The maximum atomic E-state index is 12.0. The molecule has 0 aliphatic heterocycles.